The van der Waals surface area contributed by atoms with Crippen molar-refractivity contribution in [3.05, 3.63) is 167 Å². The minimum atomic E-state index is -3.37. The molecule has 0 saturated heterocycles. The first kappa shape index (κ1) is 33.3. The number of aromatic nitrogens is 3. The van der Waals surface area contributed by atoms with Gasteiger partial charge in [-0.05, 0) is 122 Å². The van der Waals surface area contributed by atoms with Gasteiger partial charge in [-0.1, -0.05) is 168 Å². The van der Waals surface area contributed by atoms with E-state index in [4.69, 9.17) is 22.3 Å². The zero-order chi connectivity index (χ0) is 52.7. The SMILES string of the molecule is [2H]C([2H])([2H])C(c1ccc(-c2ccnc(-c3cc(-c4cccc5c4nc(-c4cc(C)cc(C(C)(C)C)c4O)n5-c4ccc(C(C)(C)C)cc4-c4ccccc4)cc(C(C)(C)C)c3)c2)cc1)(C([2H])([2H])[2H])C([2H])([2H])[2H]. The van der Waals surface area contributed by atoms with Gasteiger partial charge in [-0.15, -0.1) is 0 Å². The largest absolute Gasteiger partial charge is 0.507 e. The third-order valence-electron chi connectivity index (χ3n) is 12.0. The number of pyridine rings is 1. The fourth-order valence-corrected chi connectivity index (χ4v) is 8.37. The topological polar surface area (TPSA) is 50.9 Å². The summed E-state index contributed by atoms with van der Waals surface area (Å²) >= 11 is 0. The molecule has 6 aromatic carbocycles. The van der Waals surface area contributed by atoms with E-state index in [9.17, 15) is 5.11 Å². The summed E-state index contributed by atoms with van der Waals surface area (Å²) in [4.78, 5) is 10.4. The summed E-state index contributed by atoms with van der Waals surface area (Å²) in [6.45, 7) is 11.4. The van der Waals surface area contributed by atoms with Gasteiger partial charge in [0, 0.05) is 40.8 Å². The highest BCUT2D eigenvalue weighted by Crippen LogP contribution is 2.45. The molecule has 2 aromatic heterocycles. The fraction of sp³-hybridized carbons (Fsp3) is 0.288. The number of hydrogen-bond donors (Lipinski definition) is 1. The molecule has 8 aromatic rings. The molecule has 8 rings (SSSR count). The van der Waals surface area contributed by atoms with E-state index >= 15 is 0 Å². The van der Waals surface area contributed by atoms with Crippen LogP contribution in [-0.4, -0.2) is 19.6 Å². The number of aromatic hydroxyl groups is 1. The van der Waals surface area contributed by atoms with Gasteiger partial charge in [-0.3, -0.25) is 9.55 Å². The van der Waals surface area contributed by atoms with Gasteiger partial charge in [-0.25, -0.2) is 4.98 Å². The highest BCUT2D eigenvalue weighted by molar-refractivity contribution is 5.98. The third-order valence-corrected chi connectivity index (χ3v) is 12.0. The van der Waals surface area contributed by atoms with Crippen LogP contribution in [0.3, 0.4) is 0 Å². The van der Waals surface area contributed by atoms with E-state index in [1.807, 2.05) is 49.4 Å². The van der Waals surface area contributed by atoms with Crippen molar-refractivity contribution in [2.45, 2.75) is 111 Å². The molecule has 0 saturated carbocycles. The van der Waals surface area contributed by atoms with Crippen LogP contribution < -0.4 is 0 Å². The monoisotopic (exact) mass is 839 g/mol. The van der Waals surface area contributed by atoms with Gasteiger partial charge in [0.15, 0.2) is 0 Å². The highest BCUT2D eigenvalue weighted by atomic mass is 16.3. The molecule has 0 aliphatic rings. The predicted molar refractivity (Wildman–Crippen MR) is 267 cm³/mol. The van der Waals surface area contributed by atoms with E-state index in [2.05, 4.69) is 128 Å². The Balaban J connectivity index is 1.35. The Morgan fingerprint density at radius 1 is 0.508 bits per heavy atom. The van der Waals surface area contributed by atoms with E-state index in [-0.39, 0.29) is 27.6 Å². The minimum absolute atomic E-state index is 0.128. The lowest BCUT2D eigenvalue weighted by Gasteiger charge is -2.24. The molecule has 1 N–H and O–H groups in total. The van der Waals surface area contributed by atoms with Crippen LogP contribution in [0.25, 0.3) is 72.7 Å². The second-order valence-electron chi connectivity index (χ2n) is 20.1. The Morgan fingerprint density at radius 2 is 1.19 bits per heavy atom. The molecule has 0 spiro atoms. The summed E-state index contributed by atoms with van der Waals surface area (Å²) in [6, 6.07) is 43.2. The second-order valence-corrected chi connectivity index (χ2v) is 20.1. The maximum atomic E-state index is 12.3. The molecule has 0 aliphatic carbocycles. The van der Waals surface area contributed by atoms with Crippen molar-refractivity contribution in [3.8, 4) is 67.5 Å². The molecule has 0 aliphatic heterocycles. The molecule has 0 amide bonds. The number of hydrogen-bond acceptors (Lipinski definition) is 3. The number of imidazole rings is 1. The van der Waals surface area contributed by atoms with Crippen molar-refractivity contribution in [1.82, 2.24) is 14.5 Å². The first-order chi connectivity index (χ1) is 33.3. The number of fused-ring (bicyclic) bond motifs is 1. The maximum absolute atomic E-state index is 12.3. The number of para-hydroxylation sites is 1. The standard InChI is InChI=1S/C59H63N3O/c1-37-30-48(54(63)49(31-37)59(11,12)13)55-61-53-46(20-17-21-52(53)62(55)51-27-26-44(57(5,6)7)36-47(51)39-18-15-14-16-19-39)41-32-42(34-45(33-41)58(8,9)10)50-35-40(28-29-60-50)38-22-24-43(25-23-38)56(2,3)4/h14-36,63H,1-13H3/i2D3,3D3,4D3. The second kappa shape index (κ2) is 15.8. The molecule has 0 unspecified atom stereocenters. The summed E-state index contributed by atoms with van der Waals surface area (Å²) in [5.74, 6) is 0.786. The summed E-state index contributed by atoms with van der Waals surface area (Å²) < 4.78 is 76.0. The van der Waals surface area contributed by atoms with E-state index in [0.717, 1.165) is 61.2 Å². The molecule has 63 heavy (non-hydrogen) atoms. The zero-order valence-corrected chi connectivity index (χ0v) is 38.1. The number of phenolic OH excluding ortho intramolecular Hbond substituents is 1. The van der Waals surface area contributed by atoms with E-state index in [1.54, 1.807) is 24.4 Å². The van der Waals surface area contributed by atoms with Crippen molar-refractivity contribution in [2.24, 2.45) is 0 Å². The average Bonchev–Trinajstić information content (AvgIpc) is 3.67. The number of rotatable bonds is 6. The summed E-state index contributed by atoms with van der Waals surface area (Å²) in [5.41, 5.74) is 9.66. The van der Waals surface area contributed by atoms with Crippen LogP contribution in [-0.2, 0) is 21.7 Å². The Hall–Kier alpha value is -6.26. The van der Waals surface area contributed by atoms with Gasteiger partial charge in [0.05, 0.1) is 28.0 Å². The summed E-state index contributed by atoms with van der Waals surface area (Å²) in [7, 11) is 0. The maximum Gasteiger partial charge on any atom is 0.149 e. The van der Waals surface area contributed by atoms with Crippen LogP contribution in [0.2, 0.25) is 0 Å². The average molecular weight is 839 g/mol. The molecular formula is C59H63N3O. The van der Waals surface area contributed by atoms with Crippen molar-refractivity contribution < 1.29 is 17.4 Å². The highest BCUT2D eigenvalue weighted by Gasteiger charge is 2.28. The molecule has 0 fully saturated rings. The van der Waals surface area contributed by atoms with Crippen LogP contribution in [0, 0.1) is 6.92 Å². The van der Waals surface area contributed by atoms with E-state index in [0.29, 0.717) is 28.2 Å². The first-order valence-corrected chi connectivity index (χ1v) is 21.6. The van der Waals surface area contributed by atoms with Crippen molar-refractivity contribution >= 4 is 11.0 Å². The normalized spacial score (nSPS) is 15.3. The lowest BCUT2D eigenvalue weighted by molar-refractivity contribution is 0.448. The minimum Gasteiger partial charge on any atom is -0.507 e. The van der Waals surface area contributed by atoms with E-state index in [1.165, 1.54) is 17.7 Å². The molecule has 2 heterocycles. The Morgan fingerprint density at radius 3 is 1.86 bits per heavy atom. The number of phenols is 1. The predicted octanol–water partition coefficient (Wildman–Crippen LogP) is 16.0. The number of nitrogens with zero attached hydrogens (tertiary/aromatic N) is 3. The summed E-state index contributed by atoms with van der Waals surface area (Å²) in [5, 5.41) is 12.3. The van der Waals surface area contributed by atoms with Crippen LogP contribution in [0.1, 0.15) is 123 Å². The van der Waals surface area contributed by atoms with Gasteiger partial charge in [-0.2, -0.15) is 0 Å². The van der Waals surface area contributed by atoms with Gasteiger partial charge in [0.25, 0.3) is 0 Å². The van der Waals surface area contributed by atoms with Crippen molar-refractivity contribution in [1.29, 1.82) is 0 Å². The Kier molecular flexibility index (Phi) is 8.37. The smallest absolute Gasteiger partial charge is 0.149 e. The fourth-order valence-electron chi connectivity index (χ4n) is 8.37. The molecule has 0 atom stereocenters. The Bertz CT molecular complexity index is 3290. The molecule has 0 bridgehead atoms. The third kappa shape index (κ3) is 8.61. The molecule has 4 nitrogen and oxygen atoms in total. The molecular weight excluding hydrogens is 767 g/mol. The quantitative estimate of drug-likeness (QED) is 0.181. The first-order valence-electron chi connectivity index (χ1n) is 26.1. The van der Waals surface area contributed by atoms with Gasteiger partial charge in [0.1, 0.15) is 11.6 Å². The molecule has 320 valence electrons. The van der Waals surface area contributed by atoms with Gasteiger partial charge < -0.3 is 5.11 Å². The van der Waals surface area contributed by atoms with E-state index < -0.39 is 26.0 Å². The van der Waals surface area contributed by atoms with Crippen molar-refractivity contribution in [3.63, 3.8) is 0 Å². The Labute approximate surface area is 388 Å². The van der Waals surface area contributed by atoms with Crippen LogP contribution >= 0.6 is 0 Å². The van der Waals surface area contributed by atoms with Crippen molar-refractivity contribution in [2.75, 3.05) is 0 Å². The van der Waals surface area contributed by atoms with Crippen LogP contribution in [0.5, 0.6) is 5.75 Å². The van der Waals surface area contributed by atoms with Gasteiger partial charge in [0.2, 0.25) is 0 Å². The van der Waals surface area contributed by atoms with Gasteiger partial charge >= 0.3 is 0 Å². The lowest BCUT2D eigenvalue weighted by Crippen LogP contribution is -2.13. The lowest BCUT2D eigenvalue weighted by atomic mass is 9.83. The number of aryl methyl sites for hydroxylation is 1. The summed E-state index contributed by atoms with van der Waals surface area (Å²) in [6.07, 6.45) is 1.68. The van der Waals surface area contributed by atoms with Crippen LogP contribution in [0.4, 0.5) is 0 Å². The van der Waals surface area contributed by atoms with Crippen LogP contribution in [0.15, 0.2) is 140 Å². The number of benzene rings is 6. The molecule has 0 radical (unpaired) electrons. The molecule has 4 heteroatoms. The zero-order valence-electron chi connectivity index (χ0n) is 47.1.